The second kappa shape index (κ2) is 36.1. The van der Waals surface area contributed by atoms with Crippen molar-refractivity contribution in [3.8, 4) is 0 Å². The molecule has 0 saturated heterocycles. The van der Waals surface area contributed by atoms with Crippen molar-refractivity contribution in [1.82, 2.24) is 51.5 Å². The maximum atomic E-state index is 14.7. The summed E-state index contributed by atoms with van der Waals surface area (Å²) < 4.78 is 0. The Morgan fingerprint density at radius 1 is 0.439 bits per heavy atom. The van der Waals surface area contributed by atoms with Gasteiger partial charge in [0.05, 0.1) is 18.2 Å². The van der Waals surface area contributed by atoms with Crippen LogP contribution < -0.4 is 31.9 Å². The van der Waals surface area contributed by atoms with Crippen LogP contribution >= 0.6 is 0 Å². The summed E-state index contributed by atoms with van der Waals surface area (Å²) in [5.41, 5.74) is 0. The molecule has 0 aliphatic carbocycles. The molecule has 13 atom stereocenters. The molecule has 0 aromatic rings. The smallest absolute Gasteiger partial charge is 0.328 e. The van der Waals surface area contributed by atoms with Gasteiger partial charge in [0, 0.05) is 28.2 Å². The van der Waals surface area contributed by atoms with E-state index in [2.05, 4.69) is 31.9 Å². The van der Waals surface area contributed by atoms with Gasteiger partial charge in [0.15, 0.2) is 6.04 Å². The summed E-state index contributed by atoms with van der Waals surface area (Å²) in [6, 6.07) is -12.0. The summed E-state index contributed by atoms with van der Waals surface area (Å²) in [7, 11) is 7.22. The van der Waals surface area contributed by atoms with E-state index in [0.717, 1.165) is 4.90 Å². The molecule has 0 aliphatic heterocycles. The zero-order chi connectivity index (χ0) is 64.0. The van der Waals surface area contributed by atoms with E-state index < -0.39 is 138 Å². The standard InChI is InChI=1S/C59H108N10O13/c1-23-24-25-37(14)49(71)48(54(76)65-46(40(17)70)59(81)82)69(22)58(80)47(36(12)13)68(21)57(79)43(28-33(6)7)64-53(75)45(30-35(10)11)66(19)55(77)39(16)62-50(72)38(15)61-52(74)44(29-34(8)9)67(20)56(78)42(27-32(4)5)63-51(73)41(60-18)26-31(2)3/h23-24,31-49,60,70-71H,25-30H2,1-22H3,(H,61,74)(H,62,72)(H,63,73)(H,64,75)(H,65,76)(H,81,82)/t37-,38+,39-,40-,41+,42+,43+,44+,45+,46+,47+,48+,49-/m1/s1. The summed E-state index contributed by atoms with van der Waals surface area (Å²) >= 11 is 0. The minimum absolute atomic E-state index is 0.0189. The maximum Gasteiger partial charge on any atom is 0.328 e. The molecule has 82 heavy (non-hydrogen) atoms. The van der Waals surface area contributed by atoms with Gasteiger partial charge in [-0.15, -0.1) is 0 Å². The van der Waals surface area contributed by atoms with E-state index in [1.54, 1.807) is 46.9 Å². The molecule has 0 rings (SSSR count). The molecular formula is C59H108N10O13. The average Bonchev–Trinajstić information content (AvgIpc) is 3.44. The Morgan fingerprint density at radius 3 is 1.23 bits per heavy atom. The molecule has 0 spiro atoms. The first-order valence-electron chi connectivity index (χ1n) is 29.2. The molecule has 0 aliphatic rings. The number of hydrogen-bond acceptors (Lipinski definition) is 13. The van der Waals surface area contributed by atoms with Gasteiger partial charge in [0.2, 0.25) is 53.2 Å². The van der Waals surface area contributed by atoms with Crippen molar-refractivity contribution in [3.63, 3.8) is 0 Å². The van der Waals surface area contributed by atoms with Gasteiger partial charge in [-0.25, -0.2) is 4.79 Å². The number of hydrogen-bond donors (Lipinski definition) is 9. The number of carbonyl (C=O) groups excluding carboxylic acids is 9. The number of amides is 9. The van der Waals surface area contributed by atoms with E-state index >= 15 is 0 Å². The Balaban J connectivity index is 6.77. The van der Waals surface area contributed by atoms with Crippen molar-refractivity contribution in [2.45, 2.75) is 229 Å². The van der Waals surface area contributed by atoms with Gasteiger partial charge in [-0.1, -0.05) is 102 Å². The van der Waals surface area contributed by atoms with Gasteiger partial charge in [-0.3, -0.25) is 43.2 Å². The van der Waals surface area contributed by atoms with Gasteiger partial charge < -0.3 is 66.8 Å². The molecule has 23 nitrogen and oxygen atoms in total. The largest absolute Gasteiger partial charge is 0.480 e. The molecule has 0 bridgehead atoms. The monoisotopic (exact) mass is 1160 g/mol. The Labute approximate surface area is 490 Å². The van der Waals surface area contributed by atoms with Crippen LogP contribution in [-0.2, 0) is 47.9 Å². The minimum Gasteiger partial charge on any atom is -0.480 e. The summed E-state index contributed by atoms with van der Waals surface area (Å²) in [6.45, 7) is 29.8. The third kappa shape index (κ3) is 24.3. The SMILES string of the molecule is CC=CC[C@@H](C)[C@@H](O)[C@@H](C(=O)N[C@H](C(=O)O)[C@@H](C)O)N(C)C(=O)[C@H](C(C)C)N(C)C(=O)[C@H](CC(C)C)NC(=O)[C@H](CC(C)C)N(C)C(=O)[C@@H](C)NC(=O)[C@H](C)NC(=O)[C@H](CC(C)C)N(C)C(=O)[C@H](CC(C)C)NC(=O)[C@H](CC(C)C)NC. The predicted octanol–water partition coefficient (Wildman–Crippen LogP) is 2.66. The fraction of sp³-hybridized carbons (Fsp3) is 0.797. The normalized spacial score (nSPS) is 16.7. The van der Waals surface area contributed by atoms with E-state index in [9.17, 15) is 63.3 Å². The number of carbonyl (C=O) groups is 10. The topological polar surface area (TPSA) is 317 Å². The van der Waals surface area contributed by atoms with Crippen LogP contribution in [0.1, 0.15) is 156 Å². The molecule has 0 saturated carbocycles. The molecule has 0 unspecified atom stereocenters. The Hall–Kier alpha value is -5.68. The quantitative estimate of drug-likeness (QED) is 0.0408. The molecule has 0 aromatic carbocycles. The lowest BCUT2D eigenvalue weighted by atomic mass is 9.91. The molecule has 472 valence electrons. The fourth-order valence-corrected chi connectivity index (χ4v) is 9.78. The van der Waals surface area contributed by atoms with Crippen LogP contribution in [0.3, 0.4) is 0 Å². The molecule has 0 radical (unpaired) electrons. The number of nitrogens with zero attached hydrogens (tertiary/aromatic N) is 4. The summed E-state index contributed by atoms with van der Waals surface area (Å²) in [5, 5.41) is 47.9. The number of aliphatic hydroxyl groups excluding tert-OH is 2. The zero-order valence-corrected chi connectivity index (χ0v) is 53.6. The van der Waals surface area contributed by atoms with E-state index in [1.165, 1.54) is 63.7 Å². The van der Waals surface area contributed by atoms with Crippen LogP contribution in [0.4, 0.5) is 0 Å². The first-order chi connectivity index (χ1) is 37.8. The lowest BCUT2D eigenvalue weighted by Crippen LogP contribution is -2.63. The second-order valence-corrected chi connectivity index (χ2v) is 24.9. The highest BCUT2D eigenvalue weighted by Crippen LogP contribution is 2.23. The van der Waals surface area contributed by atoms with Crippen molar-refractivity contribution in [1.29, 1.82) is 0 Å². The van der Waals surface area contributed by atoms with Crippen molar-refractivity contribution in [2.24, 2.45) is 41.4 Å². The third-order valence-corrected chi connectivity index (χ3v) is 14.5. The van der Waals surface area contributed by atoms with Crippen LogP contribution in [0.15, 0.2) is 12.2 Å². The summed E-state index contributed by atoms with van der Waals surface area (Å²) in [4.78, 5) is 144. The molecule has 9 amide bonds. The van der Waals surface area contributed by atoms with Crippen molar-refractivity contribution >= 4 is 59.1 Å². The van der Waals surface area contributed by atoms with Crippen molar-refractivity contribution < 1.29 is 63.3 Å². The number of carboxylic acids is 1. The lowest BCUT2D eigenvalue weighted by Gasteiger charge is -2.40. The predicted molar refractivity (Wildman–Crippen MR) is 316 cm³/mol. The van der Waals surface area contributed by atoms with Crippen LogP contribution in [0.5, 0.6) is 0 Å². The van der Waals surface area contributed by atoms with Gasteiger partial charge in [0.1, 0.15) is 48.3 Å². The Kier molecular flexibility index (Phi) is 33.6. The van der Waals surface area contributed by atoms with E-state index in [-0.39, 0.29) is 54.8 Å². The van der Waals surface area contributed by atoms with Gasteiger partial charge in [-0.05, 0) is 115 Å². The van der Waals surface area contributed by atoms with Gasteiger partial charge >= 0.3 is 5.97 Å². The molecule has 0 heterocycles. The zero-order valence-electron chi connectivity index (χ0n) is 53.6. The van der Waals surface area contributed by atoms with Gasteiger partial charge in [-0.2, -0.15) is 0 Å². The van der Waals surface area contributed by atoms with Crippen LogP contribution in [0.25, 0.3) is 0 Å². The number of rotatable bonds is 36. The number of nitrogens with one attached hydrogen (secondary N) is 6. The van der Waals surface area contributed by atoms with Crippen LogP contribution in [0.2, 0.25) is 0 Å². The molecule has 0 aromatic heterocycles. The van der Waals surface area contributed by atoms with Crippen LogP contribution in [0, 0.1) is 41.4 Å². The average molecular weight is 1170 g/mol. The second-order valence-electron chi connectivity index (χ2n) is 24.9. The van der Waals surface area contributed by atoms with E-state index in [4.69, 9.17) is 0 Å². The van der Waals surface area contributed by atoms with Crippen molar-refractivity contribution in [2.75, 3.05) is 35.2 Å². The highest BCUT2D eigenvalue weighted by molar-refractivity contribution is 5.98. The molecule has 9 N–H and O–H groups in total. The molecule has 23 heteroatoms. The van der Waals surface area contributed by atoms with E-state index in [1.807, 2.05) is 69.2 Å². The minimum atomic E-state index is -1.77. The number of allylic oxidation sites excluding steroid dienone is 2. The third-order valence-electron chi connectivity index (χ3n) is 14.5. The number of carboxylic acid groups (broad SMARTS) is 1. The summed E-state index contributed by atoms with van der Waals surface area (Å²) in [5.74, 6) is -8.94. The highest BCUT2D eigenvalue weighted by Gasteiger charge is 2.44. The Bertz CT molecular complexity index is 2130. The first kappa shape index (κ1) is 76.3. The number of likely N-dealkylation sites (N-methyl/N-ethyl adjacent to an activating group) is 5. The highest BCUT2D eigenvalue weighted by atomic mass is 16.4. The fourth-order valence-electron chi connectivity index (χ4n) is 9.78. The first-order valence-corrected chi connectivity index (χ1v) is 29.2. The Morgan fingerprint density at radius 2 is 0.829 bits per heavy atom. The maximum absolute atomic E-state index is 14.7. The number of aliphatic carboxylic acids is 1. The molecule has 0 fully saturated rings. The molecular weight excluding hydrogens is 1060 g/mol. The van der Waals surface area contributed by atoms with Gasteiger partial charge in [0.25, 0.3) is 0 Å². The van der Waals surface area contributed by atoms with Crippen LogP contribution in [-0.4, -0.2) is 202 Å². The summed E-state index contributed by atoms with van der Waals surface area (Å²) in [6.07, 6.45) is 2.05. The lowest BCUT2D eigenvalue weighted by molar-refractivity contribution is -0.155. The number of aliphatic hydroxyl groups is 2. The van der Waals surface area contributed by atoms with E-state index in [0.29, 0.717) is 19.3 Å². The van der Waals surface area contributed by atoms with Crippen molar-refractivity contribution in [3.05, 3.63) is 12.2 Å².